The molecule has 0 aromatic heterocycles. The third kappa shape index (κ3) is 4.11. The molecular weight excluding hydrogens is 368 g/mol. The van der Waals surface area contributed by atoms with Gasteiger partial charge in [0.15, 0.2) is 0 Å². The molecule has 9 heteroatoms. The van der Waals surface area contributed by atoms with Crippen molar-refractivity contribution in [1.29, 1.82) is 0 Å². The number of hydrogen-bond donors (Lipinski definition) is 2. The molecule has 1 amide bonds. The smallest absolute Gasteiger partial charge is 0.243 e. The monoisotopic (exact) mass is 396 g/mol. The van der Waals surface area contributed by atoms with Gasteiger partial charge in [0.05, 0.1) is 17.9 Å². The summed E-state index contributed by atoms with van der Waals surface area (Å²) in [7, 11) is 1.57. The Hall–Kier alpha value is -1.68. The average molecular weight is 397 g/mol. The number of ether oxygens (including phenoxy) is 1. The lowest BCUT2D eigenvalue weighted by Crippen LogP contribution is -2.48. The van der Waals surface area contributed by atoms with E-state index in [1.807, 2.05) is 0 Å². The van der Waals surface area contributed by atoms with Crippen molar-refractivity contribution in [2.45, 2.75) is 23.8 Å². The van der Waals surface area contributed by atoms with E-state index in [-0.39, 0.29) is 28.7 Å². The molecule has 2 N–H and O–H groups in total. The number of rotatable bonds is 5. The highest BCUT2D eigenvalue weighted by Crippen LogP contribution is 2.30. The lowest BCUT2D eigenvalue weighted by atomic mass is 9.83. The molecule has 0 bridgehead atoms. The summed E-state index contributed by atoms with van der Waals surface area (Å²) in [6.07, 6.45) is 1.46. The van der Waals surface area contributed by atoms with Crippen LogP contribution in [0.2, 0.25) is 0 Å². The summed E-state index contributed by atoms with van der Waals surface area (Å²) in [6, 6.07) is 6.50. The molecule has 2 aliphatic rings. The lowest BCUT2D eigenvalue weighted by Gasteiger charge is -2.35. The third-order valence-corrected chi connectivity index (χ3v) is 7.40. The molecule has 8 nitrogen and oxygen atoms in total. The highest BCUT2D eigenvalue weighted by Gasteiger charge is 2.41. The highest BCUT2D eigenvalue weighted by atomic mass is 32.2. The minimum Gasteiger partial charge on any atom is -0.497 e. The van der Waals surface area contributed by atoms with Gasteiger partial charge in [0.25, 0.3) is 0 Å². The Morgan fingerprint density at radius 3 is 2.37 bits per heavy atom. The van der Waals surface area contributed by atoms with Crippen LogP contribution in [0.25, 0.3) is 0 Å². The first kappa shape index (κ1) is 20.1. The summed E-state index contributed by atoms with van der Waals surface area (Å²) in [5.41, 5.74) is 6.32. The fourth-order valence-electron chi connectivity index (χ4n) is 3.91. The minimum atomic E-state index is -3.51. The van der Waals surface area contributed by atoms with Crippen LogP contribution in [0.15, 0.2) is 29.2 Å². The van der Waals surface area contributed by atoms with Crippen LogP contribution in [0.1, 0.15) is 12.8 Å². The second-order valence-corrected chi connectivity index (χ2v) is 9.25. The van der Waals surface area contributed by atoms with E-state index in [9.17, 15) is 13.2 Å². The number of hydrazine groups is 1. The van der Waals surface area contributed by atoms with E-state index in [4.69, 9.17) is 4.74 Å². The molecular formula is C18H28N4O4S. The molecule has 0 spiro atoms. The number of carbonyl (C=O) groups is 1. The topological polar surface area (TPSA) is 91.0 Å². The van der Waals surface area contributed by atoms with Crippen molar-refractivity contribution in [2.75, 3.05) is 40.8 Å². The van der Waals surface area contributed by atoms with E-state index >= 15 is 0 Å². The maximum Gasteiger partial charge on any atom is 0.243 e. The summed E-state index contributed by atoms with van der Waals surface area (Å²) >= 11 is 0. The number of sulfonamides is 1. The number of carbonyl (C=O) groups excluding carboxylic acids is 1. The number of piperidine rings is 1. The summed E-state index contributed by atoms with van der Waals surface area (Å²) in [5, 5.41) is 0. The molecule has 1 aromatic rings. The number of methoxy groups -OCH3 is 1. The quantitative estimate of drug-likeness (QED) is 0.743. The van der Waals surface area contributed by atoms with E-state index in [1.54, 1.807) is 50.4 Å². The molecule has 2 atom stereocenters. The van der Waals surface area contributed by atoms with E-state index < -0.39 is 10.0 Å². The van der Waals surface area contributed by atoms with Gasteiger partial charge in [0.1, 0.15) is 5.75 Å². The van der Waals surface area contributed by atoms with Gasteiger partial charge in [-0.15, -0.1) is 0 Å². The van der Waals surface area contributed by atoms with E-state index in [2.05, 4.69) is 10.9 Å². The normalized spacial score (nSPS) is 24.7. The number of nitrogens with zero attached hydrogens (tertiary/aromatic N) is 2. The molecule has 2 aliphatic heterocycles. The van der Waals surface area contributed by atoms with E-state index in [1.165, 1.54) is 4.31 Å². The summed E-state index contributed by atoms with van der Waals surface area (Å²) in [6.45, 7) is 1.52. The molecule has 1 aromatic carbocycles. The van der Waals surface area contributed by atoms with Crippen LogP contribution in [0.4, 0.5) is 0 Å². The Morgan fingerprint density at radius 2 is 1.81 bits per heavy atom. The molecule has 0 saturated carbocycles. The molecule has 3 rings (SSSR count). The third-order valence-electron chi connectivity index (χ3n) is 5.49. The van der Waals surface area contributed by atoms with Crippen molar-refractivity contribution in [3.8, 4) is 5.75 Å². The standard InChI is InChI=1S/C18H28N4O4S/c1-21(2)18(23)16-12-19-20-17(16)13-8-10-22(11-9-13)27(24,25)15-6-4-14(26-3)5-7-15/h4-7,13,16-17,19-20H,8-12H2,1-3H3. The second kappa shape index (κ2) is 8.14. The Balaban J connectivity index is 1.65. The van der Waals surface area contributed by atoms with Gasteiger partial charge in [-0.3, -0.25) is 15.6 Å². The predicted molar refractivity (Wildman–Crippen MR) is 102 cm³/mol. The summed E-state index contributed by atoms with van der Waals surface area (Å²) in [5.74, 6) is 0.876. The van der Waals surface area contributed by atoms with Crippen molar-refractivity contribution >= 4 is 15.9 Å². The first-order valence-electron chi connectivity index (χ1n) is 9.18. The largest absolute Gasteiger partial charge is 0.497 e. The number of benzene rings is 1. The van der Waals surface area contributed by atoms with Crippen molar-refractivity contribution in [2.24, 2.45) is 11.8 Å². The van der Waals surface area contributed by atoms with Gasteiger partial charge < -0.3 is 9.64 Å². The van der Waals surface area contributed by atoms with Crippen molar-refractivity contribution in [3.63, 3.8) is 0 Å². The van der Waals surface area contributed by atoms with Gasteiger partial charge in [0.2, 0.25) is 15.9 Å². The molecule has 2 heterocycles. The van der Waals surface area contributed by atoms with Crippen molar-refractivity contribution in [1.82, 2.24) is 20.1 Å². The Kier molecular flexibility index (Phi) is 6.05. The van der Waals surface area contributed by atoms with Crippen molar-refractivity contribution < 1.29 is 17.9 Å². The molecule has 0 aliphatic carbocycles. The second-order valence-electron chi connectivity index (χ2n) is 7.31. The van der Waals surface area contributed by atoms with Crippen LogP contribution in [-0.2, 0) is 14.8 Å². The van der Waals surface area contributed by atoms with Gasteiger partial charge >= 0.3 is 0 Å². The van der Waals surface area contributed by atoms with Crippen LogP contribution in [-0.4, -0.2) is 70.4 Å². The van der Waals surface area contributed by atoms with Crippen molar-refractivity contribution in [3.05, 3.63) is 24.3 Å². The van der Waals surface area contributed by atoms with Crippen LogP contribution in [0.5, 0.6) is 5.75 Å². The Bertz CT molecular complexity index is 758. The molecule has 2 saturated heterocycles. The maximum atomic E-state index is 12.9. The summed E-state index contributed by atoms with van der Waals surface area (Å²) < 4.78 is 32.4. The van der Waals surface area contributed by atoms with Gasteiger partial charge in [-0.2, -0.15) is 4.31 Å². The summed E-state index contributed by atoms with van der Waals surface area (Å²) in [4.78, 5) is 14.3. The minimum absolute atomic E-state index is 0.0331. The number of amides is 1. The highest BCUT2D eigenvalue weighted by molar-refractivity contribution is 7.89. The Labute approximate surface area is 160 Å². The van der Waals surface area contributed by atoms with Crippen LogP contribution in [0.3, 0.4) is 0 Å². The van der Waals surface area contributed by atoms with E-state index in [0.29, 0.717) is 25.4 Å². The molecule has 27 heavy (non-hydrogen) atoms. The maximum absolute atomic E-state index is 12.9. The van der Waals surface area contributed by atoms with Crippen LogP contribution < -0.4 is 15.6 Å². The zero-order chi connectivity index (χ0) is 19.6. The van der Waals surface area contributed by atoms with Gasteiger partial charge in [0, 0.05) is 39.8 Å². The van der Waals surface area contributed by atoms with E-state index in [0.717, 1.165) is 12.8 Å². The number of nitrogens with one attached hydrogen (secondary N) is 2. The SMILES string of the molecule is COc1ccc(S(=O)(=O)N2CCC(C3NNCC3C(=O)N(C)C)CC2)cc1. The molecule has 2 unspecified atom stereocenters. The molecule has 150 valence electrons. The Morgan fingerprint density at radius 1 is 1.19 bits per heavy atom. The van der Waals surface area contributed by atoms with Gasteiger partial charge in [-0.1, -0.05) is 0 Å². The van der Waals surface area contributed by atoms with Gasteiger partial charge in [-0.25, -0.2) is 8.42 Å². The number of hydrogen-bond acceptors (Lipinski definition) is 6. The molecule has 2 fully saturated rings. The van der Waals surface area contributed by atoms with Crippen LogP contribution in [0, 0.1) is 11.8 Å². The first-order valence-corrected chi connectivity index (χ1v) is 10.6. The zero-order valence-electron chi connectivity index (χ0n) is 16.0. The van der Waals surface area contributed by atoms with Crippen LogP contribution >= 0.6 is 0 Å². The predicted octanol–water partition coefficient (Wildman–Crippen LogP) is 0.277. The first-order chi connectivity index (χ1) is 12.8. The lowest BCUT2D eigenvalue weighted by molar-refractivity contribution is -0.133. The molecule has 0 radical (unpaired) electrons. The van der Waals surface area contributed by atoms with Gasteiger partial charge in [-0.05, 0) is 43.0 Å². The zero-order valence-corrected chi connectivity index (χ0v) is 16.8. The average Bonchev–Trinajstić information content (AvgIpc) is 3.17. The fourth-order valence-corrected chi connectivity index (χ4v) is 5.37. The fraction of sp³-hybridized carbons (Fsp3) is 0.611.